The van der Waals surface area contributed by atoms with Crippen molar-refractivity contribution >= 4 is 35.1 Å². The van der Waals surface area contributed by atoms with Gasteiger partial charge in [0.25, 0.3) is 11.8 Å². The van der Waals surface area contributed by atoms with Gasteiger partial charge in [-0.15, -0.1) is 5.10 Å². The number of halogens is 2. The Kier molecular flexibility index (Phi) is 4.93. The fourth-order valence-electron chi connectivity index (χ4n) is 1.77. The largest absolute Gasteiger partial charge is 0.482 e. The summed E-state index contributed by atoms with van der Waals surface area (Å²) in [4.78, 5) is 15.8. The summed E-state index contributed by atoms with van der Waals surface area (Å²) in [5.41, 5.74) is 0.648. The van der Waals surface area contributed by atoms with Crippen LogP contribution in [0.25, 0.3) is 11.5 Å². The predicted octanol–water partition coefficient (Wildman–Crippen LogP) is 3.46. The number of amides is 1. The first-order valence-corrected chi connectivity index (χ1v) is 7.49. The van der Waals surface area contributed by atoms with Crippen LogP contribution in [0.15, 0.2) is 47.1 Å². The number of benzene rings is 1. The summed E-state index contributed by atoms with van der Waals surface area (Å²) in [5, 5.41) is 10.8. The highest BCUT2D eigenvalue weighted by Crippen LogP contribution is 2.27. The number of carbonyl (C=O) groups excluding carboxylic acids is 1. The number of carbonyl (C=O) groups is 1. The summed E-state index contributed by atoms with van der Waals surface area (Å²) in [6.45, 7) is -0.272. The van der Waals surface area contributed by atoms with Crippen molar-refractivity contribution in [2.45, 2.75) is 0 Å². The number of anilines is 1. The second-order valence-electron chi connectivity index (χ2n) is 4.57. The van der Waals surface area contributed by atoms with E-state index < -0.39 is 5.91 Å². The highest BCUT2D eigenvalue weighted by molar-refractivity contribution is 6.35. The number of ether oxygens (including phenoxy) is 1. The van der Waals surface area contributed by atoms with Gasteiger partial charge in [0.15, 0.2) is 6.61 Å². The van der Waals surface area contributed by atoms with Crippen LogP contribution in [0.5, 0.6) is 5.75 Å². The molecule has 0 bridgehead atoms. The summed E-state index contributed by atoms with van der Waals surface area (Å²) in [6, 6.07) is 8.17. The number of hydrogen-bond donors (Lipinski definition) is 1. The van der Waals surface area contributed by atoms with Crippen LogP contribution in [-0.4, -0.2) is 27.7 Å². The molecule has 3 rings (SSSR count). The monoisotopic (exact) mass is 364 g/mol. The van der Waals surface area contributed by atoms with E-state index in [1.165, 1.54) is 6.07 Å². The van der Waals surface area contributed by atoms with Crippen LogP contribution in [0.3, 0.4) is 0 Å². The van der Waals surface area contributed by atoms with E-state index in [4.69, 9.17) is 32.4 Å². The Morgan fingerprint density at radius 2 is 2.12 bits per heavy atom. The Morgan fingerprint density at radius 1 is 1.25 bits per heavy atom. The lowest BCUT2D eigenvalue weighted by molar-refractivity contribution is -0.118. The molecule has 3 aromatic rings. The molecular weight excluding hydrogens is 355 g/mol. The average Bonchev–Trinajstić information content (AvgIpc) is 3.03. The Balaban J connectivity index is 1.58. The van der Waals surface area contributed by atoms with Gasteiger partial charge in [0.2, 0.25) is 0 Å². The third-order valence-electron chi connectivity index (χ3n) is 2.83. The molecule has 2 heterocycles. The fraction of sp³-hybridized carbons (Fsp3) is 0.0667. The molecule has 0 radical (unpaired) electrons. The number of pyridine rings is 1. The molecule has 0 atom stereocenters. The van der Waals surface area contributed by atoms with E-state index in [9.17, 15) is 4.79 Å². The average molecular weight is 365 g/mol. The normalized spacial score (nSPS) is 10.4. The van der Waals surface area contributed by atoms with E-state index in [1.54, 1.807) is 36.7 Å². The lowest BCUT2D eigenvalue weighted by Gasteiger charge is -2.07. The smallest absolute Gasteiger partial charge is 0.322 e. The molecule has 0 aliphatic carbocycles. The minimum Gasteiger partial charge on any atom is -0.482 e. The molecule has 9 heteroatoms. The lowest BCUT2D eigenvalue weighted by Crippen LogP contribution is -2.20. The highest BCUT2D eigenvalue weighted by atomic mass is 35.5. The van der Waals surface area contributed by atoms with Gasteiger partial charge >= 0.3 is 6.01 Å². The third kappa shape index (κ3) is 4.01. The van der Waals surface area contributed by atoms with Gasteiger partial charge in [-0.2, -0.15) is 0 Å². The molecular formula is C15H10Cl2N4O3. The van der Waals surface area contributed by atoms with E-state index in [0.717, 1.165) is 0 Å². The molecule has 1 amide bonds. The van der Waals surface area contributed by atoms with Crippen molar-refractivity contribution in [2.75, 3.05) is 11.9 Å². The summed E-state index contributed by atoms with van der Waals surface area (Å²) in [6.07, 6.45) is 3.20. The minimum atomic E-state index is -0.470. The van der Waals surface area contributed by atoms with E-state index in [-0.39, 0.29) is 18.5 Å². The van der Waals surface area contributed by atoms with E-state index in [1.807, 2.05) is 0 Å². The van der Waals surface area contributed by atoms with Crippen molar-refractivity contribution in [1.82, 2.24) is 15.2 Å². The van der Waals surface area contributed by atoms with Gasteiger partial charge in [-0.05, 0) is 30.3 Å². The van der Waals surface area contributed by atoms with Gasteiger partial charge in [0.1, 0.15) is 5.75 Å². The van der Waals surface area contributed by atoms with Gasteiger partial charge in [0, 0.05) is 17.4 Å². The van der Waals surface area contributed by atoms with Gasteiger partial charge < -0.3 is 9.15 Å². The number of rotatable bonds is 5. The Labute approximate surface area is 146 Å². The van der Waals surface area contributed by atoms with Gasteiger partial charge in [-0.1, -0.05) is 28.3 Å². The van der Waals surface area contributed by atoms with Crippen molar-refractivity contribution in [3.05, 3.63) is 52.8 Å². The summed E-state index contributed by atoms with van der Waals surface area (Å²) in [5.74, 6) is 0.125. The zero-order valence-electron chi connectivity index (χ0n) is 12.1. The summed E-state index contributed by atoms with van der Waals surface area (Å²) in [7, 11) is 0. The second-order valence-corrected chi connectivity index (χ2v) is 5.41. The van der Waals surface area contributed by atoms with Crippen LogP contribution in [0.2, 0.25) is 10.0 Å². The zero-order valence-corrected chi connectivity index (χ0v) is 13.6. The molecule has 2 aromatic heterocycles. The highest BCUT2D eigenvalue weighted by Gasteiger charge is 2.12. The van der Waals surface area contributed by atoms with Crippen LogP contribution >= 0.6 is 23.2 Å². The van der Waals surface area contributed by atoms with E-state index >= 15 is 0 Å². The maximum atomic E-state index is 11.9. The molecule has 0 saturated carbocycles. The zero-order chi connectivity index (χ0) is 16.9. The Hall–Kier alpha value is -2.64. The van der Waals surface area contributed by atoms with E-state index in [0.29, 0.717) is 21.4 Å². The summed E-state index contributed by atoms with van der Waals surface area (Å²) >= 11 is 11.7. The first-order valence-electron chi connectivity index (χ1n) is 6.73. The second kappa shape index (κ2) is 7.29. The van der Waals surface area contributed by atoms with Crippen LogP contribution in [-0.2, 0) is 4.79 Å². The van der Waals surface area contributed by atoms with Crippen molar-refractivity contribution in [3.63, 3.8) is 0 Å². The number of aromatic nitrogens is 3. The molecule has 122 valence electrons. The van der Waals surface area contributed by atoms with Gasteiger partial charge in [0.05, 0.1) is 10.6 Å². The SMILES string of the molecule is O=C(COc1ccc(Cl)cc1Cl)Nc1nnc(-c2cccnc2)o1. The maximum absolute atomic E-state index is 11.9. The Bertz CT molecular complexity index is 855. The minimum absolute atomic E-state index is 0.0374. The molecule has 0 fully saturated rings. The molecule has 24 heavy (non-hydrogen) atoms. The third-order valence-corrected chi connectivity index (χ3v) is 3.36. The maximum Gasteiger partial charge on any atom is 0.322 e. The van der Waals surface area contributed by atoms with Crippen LogP contribution in [0, 0.1) is 0 Å². The van der Waals surface area contributed by atoms with Crippen molar-refractivity contribution < 1.29 is 13.9 Å². The van der Waals surface area contributed by atoms with Gasteiger partial charge in [-0.25, -0.2) is 0 Å². The van der Waals surface area contributed by atoms with Crippen molar-refractivity contribution in [2.24, 2.45) is 0 Å². The van der Waals surface area contributed by atoms with Crippen LogP contribution < -0.4 is 10.1 Å². The quantitative estimate of drug-likeness (QED) is 0.745. The van der Waals surface area contributed by atoms with E-state index in [2.05, 4.69) is 20.5 Å². The predicted molar refractivity (Wildman–Crippen MR) is 88.1 cm³/mol. The lowest BCUT2D eigenvalue weighted by atomic mass is 10.3. The molecule has 0 spiro atoms. The van der Waals surface area contributed by atoms with Crippen LogP contribution in [0.4, 0.5) is 6.01 Å². The fourth-order valence-corrected chi connectivity index (χ4v) is 2.23. The standard InChI is InChI=1S/C15H10Cl2N4O3/c16-10-3-4-12(11(17)6-10)23-8-13(22)19-15-21-20-14(24-15)9-2-1-5-18-7-9/h1-7H,8H2,(H,19,21,22). The summed E-state index contributed by atoms with van der Waals surface area (Å²) < 4.78 is 10.7. The molecule has 0 aliphatic rings. The molecule has 1 N–H and O–H groups in total. The number of nitrogens with one attached hydrogen (secondary N) is 1. The Morgan fingerprint density at radius 3 is 2.88 bits per heavy atom. The topological polar surface area (TPSA) is 90.1 Å². The number of hydrogen-bond acceptors (Lipinski definition) is 6. The van der Waals surface area contributed by atoms with Crippen molar-refractivity contribution in [1.29, 1.82) is 0 Å². The number of nitrogens with zero attached hydrogens (tertiary/aromatic N) is 3. The molecule has 7 nitrogen and oxygen atoms in total. The molecule has 1 aromatic carbocycles. The van der Waals surface area contributed by atoms with Gasteiger partial charge in [-0.3, -0.25) is 15.1 Å². The molecule has 0 aliphatic heterocycles. The van der Waals surface area contributed by atoms with Crippen molar-refractivity contribution in [3.8, 4) is 17.2 Å². The molecule has 0 saturated heterocycles. The van der Waals surface area contributed by atoms with Crippen LogP contribution in [0.1, 0.15) is 0 Å². The molecule has 0 unspecified atom stereocenters. The first-order chi connectivity index (χ1) is 11.6. The first kappa shape index (κ1) is 16.2.